The van der Waals surface area contributed by atoms with E-state index >= 15 is 0 Å². The van der Waals surface area contributed by atoms with E-state index in [-0.39, 0.29) is 42.0 Å². The summed E-state index contributed by atoms with van der Waals surface area (Å²) in [6, 6.07) is 23.8. The molecule has 0 spiro atoms. The molecule has 4 fully saturated rings. The SMILES string of the molecule is CC(C)(C)OC(=O)N1CCC2C(C1)C2(CNC(=O)OCc1ccccc1)c1ccsc1.Cl.O=C(NCC1(c2ccsc2)C2CCNCC21)OCc1ccccc1. The van der Waals surface area contributed by atoms with Gasteiger partial charge in [-0.1, -0.05) is 60.7 Å². The Balaban J connectivity index is 0.000000192. The second kappa shape index (κ2) is 18.0. The first-order valence-electron chi connectivity index (χ1n) is 19.2. The molecule has 56 heavy (non-hydrogen) atoms. The van der Waals surface area contributed by atoms with Gasteiger partial charge in [-0.2, -0.15) is 22.7 Å². The third-order valence-corrected chi connectivity index (χ3v) is 13.1. The maximum Gasteiger partial charge on any atom is 0.410 e. The molecule has 8 rings (SSSR count). The van der Waals surface area contributed by atoms with Crippen LogP contribution in [0.5, 0.6) is 0 Å². The van der Waals surface area contributed by atoms with E-state index in [0.717, 1.165) is 30.6 Å². The van der Waals surface area contributed by atoms with Gasteiger partial charge < -0.3 is 35.1 Å². The fourth-order valence-corrected chi connectivity index (χ4v) is 10.5. The van der Waals surface area contributed by atoms with Crippen molar-refractivity contribution in [2.75, 3.05) is 39.3 Å². The minimum absolute atomic E-state index is 0. The van der Waals surface area contributed by atoms with Gasteiger partial charge in [0.25, 0.3) is 0 Å². The Hall–Kier alpha value is -4.10. The zero-order valence-corrected chi connectivity index (χ0v) is 34.7. The van der Waals surface area contributed by atoms with Crippen LogP contribution in [0.3, 0.4) is 0 Å². The quantitative estimate of drug-likeness (QED) is 0.138. The van der Waals surface area contributed by atoms with Crippen LogP contribution in [0.1, 0.15) is 55.9 Å². The number of alkyl carbamates (subject to hydrolysis) is 2. The molecule has 0 radical (unpaired) electrons. The molecule has 2 aliphatic carbocycles. The number of carbonyl (C=O) groups excluding carboxylic acids is 3. The zero-order valence-electron chi connectivity index (χ0n) is 32.2. The summed E-state index contributed by atoms with van der Waals surface area (Å²) in [7, 11) is 0. The van der Waals surface area contributed by atoms with Crippen molar-refractivity contribution >= 4 is 53.4 Å². The summed E-state index contributed by atoms with van der Waals surface area (Å²) in [5.74, 6) is 2.03. The highest BCUT2D eigenvalue weighted by molar-refractivity contribution is 7.08. The van der Waals surface area contributed by atoms with Crippen molar-refractivity contribution in [1.82, 2.24) is 20.9 Å². The Morgan fingerprint density at radius 1 is 0.750 bits per heavy atom. The van der Waals surface area contributed by atoms with E-state index < -0.39 is 11.7 Å². The Labute approximate surface area is 344 Å². The number of likely N-dealkylation sites (tertiary alicyclic amines) is 1. The van der Waals surface area contributed by atoms with Crippen LogP contribution >= 0.6 is 35.1 Å². The van der Waals surface area contributed by atoms with Gasteiger partial charge in [-0.05, 0) is 126 Å². The van der Waals surface area contributed by atoms with E-state index in [2.05, 4.69) is 49.6 Å². The highest BCUT2D eigenvalue weighted by Crippen LogP contribution is 2.64. The smallest absolute Gasteiger partial charge is 0.410 e. The average molecular weight is 822 g/mol. The number of carbonyl (C=O) groups is 3. The average Bonchev–Trinajstić information content (AvgIpc) is 3.66. The highest BCUT2D eigenvalue weighted by Gasteiger charge is 2.67. The Morgan fingerprint density at radius 2 is 1.27 bits per heavy atom. The summed E-state index contributed by atoms with van der Waals surface area (Å²) in [5.41, 5.74) is 4.00. The molecule has 2 saturated carbocycles. The van der Waals surface area contributed by atoms with Crippen LogP contribution < -0.4 is 16.0 Å². The second-order valence-corrected chi connectivity index (χ2v) is 17.6. The van der Waals surface area contributed by atoms with E-state index in [4.69, 9.17) is 14.2 Å². The van der Waals surface area contributed by atoms with Gasteiger partial charge in [0.2, 0.25) is 0 Å². The summed E-state index contributed by atoms with van der Waals surface area (Å²) in [6.07, 6.45) is 1.09. The molecule has 4 aromatic rings. The fraction of sp³-hybridized carbons (Fsp3) is 0.465. The van der Waals surface area contributed by atoms with Gasteiger partial charge in [0.1, 0.15) is 18.8 Å². The molecule has 3 N–H and O–H groups in total. The molecule has 4 aliphatic rings. The molecular formula is C43H53ClN4O6S2. The third-order valence-electron chi connectivity index (χ3n) is 11.8. The van der Waals surface area contributed by atoms with Gasteiger partial charge in [0.05, 0.1) is 0 Å². The Kier molecular flexibility index (Phi) is 13.4. The lowest BCUT2D eigenvalue weighted by Crippen LogP contribution is -2.41. The number of thiophene rings is 2. The van der Waals surface area contributed by atoms with E-state index in [1.165, 1.54) is 17.5 Å². The third kappa shape index (κ3) is 9.36. The molecule has 0 bridgehead atoms. The molecule has 2 saturated heterocycles. The molecule has 2 aromatic carbocycles. The number of fused-ring (bicyclic) bond motifs is 2. The second-order valence-electron chi connectivity index (χ2n) is 16.1. The summed E-state index contributed by atoms with van der Waals surface area (Å²) < 4.78 is 16.3. The fourth-order valence-electron chi connectivity index (χ4n) is 9.00. The molecule has 6 unspecified atom stereocenters. The first-order chi connectivity index (χ1) is 26.6. The first kappa shape index (κ1) is 41.5. The van der Waals surface area contributed by atoms with Crippen molar-refractivity contribution in [1.29, 1.82) is 0 Å². The van der Waals surface area contributed by atoms with Gasteiger partial charge in [-0.3, -0.25) is 0 Å². The first-order valence-corrected chi connectivity index (χ1v) is 21.1. The number of hydrogen-bond acceptors (Lipinski definition) is 9. The molecule has 13 heteroatoms. The van der Waals surface area contributed by atoms with Crippen molar-refractivity contribution in [3.8, 4) is 0 Å². The number of nitrogens with one attached hydrogen (secondary N) is 3. The number of nitrogens with zero attached hydrogens (tertiary/aromatic N) is 1. The maximum absolute atomic E-state index is 12.6. The molecule has 4 heterocycles. The minimum atomic E-state index is -0.508. The minimum Gasteiger partial charge on any atom is -0.445 e. The topological polar surface area (TPSA) is 118 Å². The van der Waals surface area contributed by atoms with Gasteiger partial charge >= 0.3 is 18.3 Å². The largest absolute Gasteiger partial charge is 0.445 e. The lowest BCUT2D eigenvalue weighted by molar-refractivity contribution is 0.0206. The van der Waals surface area contributed by atoms with E-state index in [1.807, 2.05) is 86.3 Å². The van der Waals surface area contributed by atoms with Crippen LogP contribution in [0.4, 0.5) is 14.4 Å². The van der Waals surface area contributed by atoms with Gasteiger partial charge in [0, 0.05) is 37.0 Å². The van der Waals surface area contributed by atoms with Gasteiger partial charge in [0.15, 0.2) is 0 Å². The number of piperidine rings is 2. The molecule has 2 aromatic heterocycles. The van der Waals surface area contributed by atoms with Gasteiger partial charge in [-0.25, -0.2) is 14.4 Å². The lowest BCUT2D eigenvalue weighted by atomic mass is 9.93. The van der Waals surface area contributed by atoms with Crippen LogP contribution in [0, 0.1) is 23.7 Å². The van der Waals surface area contributed by atoms with E-state index in [1.54, 1.807) is 22.7 Å². The molecule has 300 valence electrons. The van der Waals surface area contributed by atoms with Crippen molar-refractivity contribution < 1.29 is 28.6 Å². The number of rotatable bonds is 10. The molecular weight excluding hydrogens is 768 g/mol. The van der Waals surface area contributed by atoms with E-state index in [0.29, 0.717) is 56.5 Å². The van der Waals surface area contributed by atoms with Crippen molar-refractivity contribution in [2.45, 2.75) is 63.3 Å². The number of amides is 3. The molecule has 3 amide bonds. The van der Waals surface area contributed by atoms with Crippen LogP contribution in [-0.4, -0.2) is 68.0 Å². The zero-order chi connectivity index (χ0) is 38.5. The van der Waals surface area contributed by atoms with Crippen LogP contribution in [-0.2, 0) is 38.3 Å². The molecule has 10 nitrogen and oxygen atoms in total. The lowest BCUT2D eigenvalue weighted by Gasteiger charge is -2.29. The summed E-state index contributed by atoms with van der Waals surface area (Å²) in [6.45, 7) is 10.8. The number of hydrogen-bond donors (Lipinski definition) is 3. The standard InChI is InChI=1S/C24H30N2O4S.C19H22N2O2S.ClH/c1-23(2,3)30-22(28)26-11-9-19-20(13-26)24(19,18-10-12-31-15-18)16-25-21(27)29-14-17-7-5-4-6-8-17;22-18(23-11-14-4-2-1-3-5-14)21-13-19(15-7-9-24-12-15)16-6-8-20-10-17(16)19;/h4-8,10,12,15,19-20H,9,11,13-14,16H2,1-3H3,(H,25,27);1-5,7,9,12,16-17,20H,6,8,10-11,13H2,(H,21,22);1H. The molecule has 2 aliphatic heterocycles. The van der Waals surface area contributed by atoms with Gasteiger partial charge in [-0.15, -0.1) is 12.4 Å². The Bertz CT molecular complexity index is 1860. The predicted molar refractivity (Wildman–Crippen MR) is 222 cm³/mol. The van der Waals surface area contributed by atoms with E-state index in [9.17, 15) is 14.4 Å². The summed E-state index contributed by atoms with van der Waals surface area (Å²) >= 11 is 3.39. The summed E-state index contributed by atoms with van der Waals surface area (Å²) in [4.78, 5) is 38.9. The van der Waals surface area contributed by atoms with Crippen LogP contribution in [0.25, 0.3) is 0 Å². The number of benzene rings is 2. The molecule has 6 atom stereocenters. The van der Waals surface area contributed by atoms with Crippen molar-refractivity contribution in [3.05, 3.63) is 117 Å². The van der Waals surface area contributed by atoms with Crippen LogP contribution in [0.2, 0.25) is 0 Å². The number of ether oxygens (including phenoxy) is 3. The Morgan fingerprint density at radius 3 is 1.73 bits per heavy atom. The van der Waals surface area contributed by atoms with Crippen molar-refractivity contribution in [2.24, 2.45) is 23.7 Å². The highest BCUT2D eigenvalue weighted by atomic mass is 35.5. The monoisotopic (exact) mass is 820 g/mol. The number of halogens is 1. The normalized spacial score (nSPS) is 25.7. The summed E-state index contributed by atoms with van der Waals surface area (Å²) in [5, 5.41) is 18.1. The predicted octanol–water partition coefficient (Wildman–Crippen LogP) is 8.37. The van der Waals surface area contributed by atoms with Crippen molar-refractivity contribution in [3.63, 3.8) is 0 Å². The van der Waals surface area contributed by atoms with Crippen LogP contribution in [0.15, 0.2) is 94.3 Å². The maximum atomic E-state index is 12.6.